The first-order valence-electron chi connectivity index (χ1n) is 10.8. The van der Waals surface area contributed by atoms with Gasteiger partial charge in [0.15, 0.2) is 9.84 Å². The van der Waals surface area contributed by atoms with E-state index in [2.05, 4.69) is 51.5 Å². The van der Waals surface area contributed by atoms with Crippen molar-refractivity contribution in [2.45, 2.75) is 45.4 Å². The molecule has 1 aliphatic rings. The third-order valence-corrected chi connectivity index (χ3v) is 7.90. The molecule has 0 spiro atoms. The second kappa shape index (κ2) is 8.90. The molecule has 0 radical (unpaired) electrons. The minimum absolute atomic E-state index is 0.141. The standard InChI is InChI=1S/C24H31N3O2S/c1-3-30(28,29)17-23-13-21(7-6-18(23)2)16-27-10-4-5-20(15-27)11-19-8-9-24-22(12-19)14-25-26-24/h6-9,12-14,20H,3-5,10-11,15-17H2,1-2H3,(H,25,26)/t20-/m0/s1. The lowest BCUT2D eigenvalue weighted by Gasteiger charge is -2.33. The zero-order valence-electron chi connectivity index (χ0n) is 17.9. The van der Waals surface area contributed by atoms with E-state index in [-0.39, 0.29) is 11.5 Å². The Morgan fingerprint density at radius 1 is 1.17 bits per heavy atom. The fourth-order valence-electron chi connectivity index (χ4n) is 4.49. The Balaban J connectivity index is 1.41. The number of likely N-dealkylation sites (tertiary alicyclic amines) is 1. The first-order chi connectivity index (χ1) is 14.4. The summed E-state index contributed by atoms with van der Waals surface area (Å²) in [6.07, 6.45) is 5.45. The number of benzene rings is 2. The molecule has 2 aromatic carbocycles. The molecule has 30 heavy (non-hydrogen) atoms. The first-order valence-corrected chi connectivity index (χ1v) is 12.7. The van der Waals surface area contributed by atoms with Crippen LogP contribution in [0.1, 0.15) is 42.0 Å². The zero-order chi connectivity index (χ0) is 21.1. The predicted molar refractivity (Wildman–Crippen MR) is 122 cm³/mol. The number of aromatic amines is 1. The molecule has 0 unspecified atom stereocenters. The second-order valence-electron chi connectivity index (χ2n) is 8.68. The summed E-state index contributed by atoms with van der Waals surface area (Å²) in [4.78, 5) is 2.52. The number of hydrogen-bond donors (Lipinski definition) is 1. The molecular weight excluding hydrogens is 394 g/mol. The van der Waals surface area contributed by atoms with Crippen molar-refractivity contribution in [3.05, 3.63) is 64.8 Å². The highest BCUT2D eigenvalue weighted by molar-refractivity contribution is 7.90. The molecule has 1 aromatic heterocycles. The van der Waals surface area contributed by atoms with Crippen LogP contribution in [0.4, 0.5) is 0 Å². The van der Waals surface area contributed by atoms with Crippen LogP contribution in [-0.4, -0.2) is 42.4 Å². The van der Waals surface area contributed by atoms with Crippen molar-refractivity contribution in [2.24, 2.45) is 5.92 Å². The number of nitrogens with zero attached hydrogens (tertiary/aromatic N) is 2. The normalized spacial score (nSPS) is 18.1. The van der Waals surface area contributed by atoms with Crippen molar-refractivity contribution in [1.29, 1.82) is 0 Å². The van der Waals surface area contributed by atoms with Gasteiger partial charge in [0.05, 0.1) is 17.5 Å². The van der Waals surface area contributed by atoms with Gasteiger partial charge in [0.1, 0.15) is 0 Å². The lowest BCUT2D eigenvalue weighted by Crippen LogP contribution is -2.35. The van der Waals surface area contributed by atoms with E-state index in [1.54, 1.807) is 6.92 Å². The molecular formula is C24H31N3O2S. The summed E-state index contributed by atoms with van der Waals surface area (Å²) in [6, 6.07) is 12.9. The summed E-state index contributed by atoms with van der Waals surface area (Å²) in [5, 5.41) is 8.31. The van der Waals surface area contributed by atoms with E-state index < -0.39 is 9.84 Å². The number of H-pyrrole nitrogens is 1. The third kappa shape index (κ3) is 5.10. The Kier molecular flexibility index (Phi) is 6.25. The van der Waals surface area contributed by atoms with Crippen molar-refractivity contribution in [3.8, 4) is 0 Å². The quantitative estimate of drug-likeness (QED) is 0.614. The summed E-state index contributed by atoms with van der Waals surface area (Å²) in [7, 11) is -3.02. The molecule has 2 heterocycles. The van der Waals surface area contributed by atoms with Crippen LogP contribution in [-0.2, 0) is 28.6 Å². The summed E-state index contributed by atoms with van der Waals surface area (Å²) < 4.78 is 24.2. The number of rotatable bonds is 7. The van der Waals surface area contributed by atoms with Gasteiger partial charge in [0.2, 0.25) is 0 Å². The number of sulfone groups is 1. The van der Waals surface area contributed by atoms with E-state index in [9.17, 15) is 8.42 Å². The first kappa shape index (κ1) is 21.1. The lowest BCUT2D eigenvalue weighted by atomic mass is 9.90. The van der Waals surface area contributed by atoms with E-state index >= 15 is 0 Å². The van der Waals surface area contributed by atoms with Gasteiger partial charge in [0, 0.05) is 24.2 Å². The van der Waals surface area contributed by atoms with Crippen LogP contribution < -0.4 is 0 Å². The van der Waals surface area contributed by atoms with Crippen molar-refractivity contribution in [1.82, 2.24) is 15.1 Å². The van der Waals surface area contributed by atoms with Gasteiger partial charge in [0.25, 0.3) is 0 Å². The number of hydrogen-bond acceptors (Lipinski definition) is 4. The highest BCUT2D eigenvalue weighted by Crippen LogP contribution is 2.24. The number of fused-ring (bicyclic) bond motifs is 1. The van der Waals surface area contributed by atoms with E-state index in [1.165, 1.54) is 29.4 Å². The van der Waals surface area contributed by atoms with Crippen molar-refractivity contribution >= 4 is 20.7 Å². The minimum Gasteiger partial charge on any atom is -0.299 e. The molecule has 1 aliphatic heterocycles. The maximum absolute atomic E-state index is 12.1. The highest BCUT2D eigenvalue weighted by Gasteiger charge is 2.21. The molecule has 0 amide bonds. The van der Waals surface area contributed by atoms with Crippen LogP contribution in [0.5, 0.6) is 0 Å². The Morgan fingerprint density at radius 3 is 2.83 bits per heavy atom. The Bertz CT molecular complexity index is 1120. The average molecular weight is 426 g/mol. The molecule has 6 heteroatoms. The molecule has 0 bridgehead atoms. The molecule has 1 N–H and O–H groups in total. The van der Waals surface area contributed by atoms with Crippen LogP contribution >= 0.6 is 0 Å². The third-order valence-electron chi connectivity index (χ3n) is 6.27. The molecule has 0 saturated carbocycles. The molecule has 1 fully saturated rings. The fraction of sp³-hybridized carbons (Fsp3) is 0.458. The monoisotopic (exact) mass is 425 g/mol. The summed E-state index contributed by atoms with van der Waals surface area (Å²) in [6.45, 7) is 6.79. The zero-order valence-corrected chi connectivity index (χ0v) is 18.7. The van der Waals surface area contributed by atoms with Gasteiger partial charge < -0.3 is 0 Å². The SMILES string of the molecule is CCS(=O)(=O)Cc1cc(CN2CCC[C@@H](Cc3ccc4[nH]ncc4c3)C2)ccc1C. The smallest absolute Gasteiger partial charge is 0.154 e. The van der Waals surface area contributed by atoms with Crippen molar-refractivity contribution < 1.29 is 8.42 Å². The average Bonchev–Trinajstić information content (AvgIpc) is 3.18. The number of piperidine rings is 1. The molecule has 4 rings (SSSR count). The van der Waals surface area contributed by atoms with Gasteiger partial charge in [-0.1, -0.05) is 31.2 Å². The molecule has 160 valence electrons. The van der Waals surface area contributed by atoms with Crippen LogP contribution in [0.3, 0.4) is 0 Å². The number of aryl methyl sites for hydroxylation is 1. The second-order valence-corrected chi connectivity index (χ2v) is 11.0. The molecule has 1 atom stereocenters. The van der Waals surface area contributed by atoms with Crippen LogP contribution in [0.15, 0.2) is 42.6 Å². The maximum Gasteiger partial charge on any atom is 0.154 e. The van der Waals surface area contributed by atoms with Crippen LogP contribution in [0, 0.1) is 12.8 Å². The van der Waals surface area contributed by atoms with E-state index in [0.717, 1.165) is 42.7 Å². The van der Waals surface area contributed by atoms with Crippen molar-refractivity contribution in [3.63, 3.8) is 0 Å². The Hall–Kier alpha value is -2.18. The predicted octanol–water partition coefficient (Wildman–Crippen LogP) is 4.26. The summed E-state index contributed by atoms with van der Waals surface area (Å²) >= 11 is 0. The van der Waals surface area contributed by atoms with Gasteiger partial charge >= 0.3 is 0 Å². The number of aromatic nitrogens is 2. The summed E-state index contributed by atoms with van der Waals surface area (Å²) in [5.41, 5.74) is 5.67. The van der Waals surface area contributed by atoms with Crippen molar-refractivity contribution in [2.75, 3.05) is 18.8 Å². The molecule has 5 nitrogen and oxygen atoms in total. The fourth-order valence-corrected chi connectivity index (χ4v) is 5.48. The lowest BCUT2D eigenvalue weighted by molar-refractivity contribution is 0.167. The Labute approximate surface area is 179 Å². The largest absolute Gasteiger partial charge is 0.299 e. The van der Waals surface area contributed by atoms with Gasteiger partial charge in [-0.2, -0.15) is 5.10 Å². The minimum atomic E-state index is -3.02. The van der Waals surface area contributed by atoms with Crippen LogP contribution in [0.2, 0.25) is 0 Å². The van der Waals surface area contributed by atoms with Gasteiger partial charge in [-0.15, -0.1) is 0 Å². The van der Waals surface area contributed by atoms with Crippen LogP contribution in [0.25, 0.3) is 10.9 Å². The maximum atomic E-state index is 12.1. The topological polar surface area (TPSA) is 66.1 Å². The van der Waals surface area contributed by atoms with E-state index in [1.807, 2.05) is 13.1 Å². The molecule has 1 saturated heterocycles. The van der Waals surface area contributed by atoms with E-state index in [0.29, 0.717) is 5.92 Å². The van der Waals surface area contributed by atoms with Gasteiger partial charge in [-0.25, -0.2) is 8.42 Å². The molecule has 0 aliphatic carbocycles. The van der Waals surface area contributed by atoms with Gasteiger partial charge in [-0.3, -0.25) is 10.00 Å². The number of nitrogens with one attached hydrogen (secondary N) is 1. The highest BCUT2D eigenvalue weighted by atomic mass is 32.2. The Morgan fingerprint density at radius 2 is 2.00 bits per heavy atom. The molecule has 3 aromatic rings. The van der Waals surface area contributed by atoms with Gasteiger partial charge in [-0.05, 0) is 73.0 Å². The van der Waals surface area contributed by atoms with E-state index in [4.69, 9.17) is 0 Å². The summed E-state index contributed by atoms with van der Waals surface area (Å²) in [5.74, 6) is 0.977.